The predicted molar refractivity (Wildman–Crippen MR) is 307 cm³/mol. The molecule has 0 aliphatic rings. The minimum atomic E-state index is -0.887. The summed E-state index contributed by atoms with van der Waals surface area (Å²) in [5, 5.41) is 0. The van der Waals surface area contributed by atoms with E-state index in [2.05, 4.69) is 20.8 Å². The van der Waals surface area contributed by atoms with E-state index in [-0.39, 0.29) is 56.7 Å². The Morgan fingerprint density at radius 1 is 0.306 bits per heavy atom. The lowest BCUT2D eigenvalue weighted by molar-refractivity contribution is -0.141. The van der Waals surface area contributed by atoms with Gasteiger partial charge in [0.25, 0.3) is 0 Å². The Morgan fingerprint density at radius 3 is 0.681 bits per heavy atom. The molecular formula is C57H105N3O9S3. The molecule has 0 atom stereocenters. The normalized spacial score (nSPS) is 11.4. The summed E-state index contributed by atoms with van der Waals surface area (Å²) in [7, 11) is 0. The molecule has 1 heterocycles. The lowest BCUT2D eigenvalue weighted by atomic mass is 10.1. The first-order valence-corrected chi connectivity index (χ1v) is 32.9. The van der Waals surface area contributed by atoms with Gasteiger partial charge in [-0.15, -0.1) is 0 Å². The number of ether oxygens (including phenoxy) is 3. The lowest BCUT2D eigenvalue weighted by Crippen LogP contribution is -2.55. The Hall–Kier alpha value is -2.13. The summed E-state index contributed by atoms with van der Waals surface area (Å²) in [6.07, 6.45) is 45.8. The van der Waals surface area contributed by atoms with Gasteiger partial charge >= 0.3 is 35.0 Å². The monoisotopic (exact) mass is 1070 g/mol. The van der Waals surface area contributed by atoms with E-state index in [4.69, 9.17) is 14.2 Å². The molecule has 0 saturated heterocycles. The molecule has 0 fully saturated rings. The third kappa shape index (κ3) is 39.3. The van der Waals surface area contributed by atoms with E-state index in [1.807, 2.05) is 0 Å². The summed E-state index contributed by atoms with van der Waals surface area (Å²) in [5.41, 5.74) is -2.66. The topological polar surface area (TPSA) is 145 Å². The van der Waals surface area contributed by atoms with Crippen LogP contribution in [0, 0.1) is 0 Å². The number of hydrogen-bond acceptors (Lipinski definition) is 12. The molecule has 0 unspecified atom stereocenters. The first-order valence-electron chi connectivity index (χ1n) is 29.4. The summed E-state index contributed by atoms with van der Waals surface area (Å²) < 4.78 is 18.8. The highest BCUT2D eigenvalue weighted by molar-refractivity contribution is 8.00. The SMILES string of the molecule is CCCCCCCCCCCCCCSCC(=O)OCCn1c(=O)n(CCOC(=O)CSCCCCCCCCCCCCCC)c(=O)n(CCOC(=O)CSCCCCCCCCCCCCCC)c1=O. The van der Waals surface area contributed by atoms with Gasteiger partial charge in [0.1, 0.15) is 19.8 Å². The predicted octanol–water partition coefficient (Wildman–Crippen LogP) is 14.1. The van der Waals surface area contributed by atoms with E-state index in [0.717, 1.165) is 69.5 Å². The number of esters is 3. The van der Waals surface area contributed by atoms with Gasteiger partial charge in [-0.05, 0) is 36.5 Å². The quantitative estimate of drug-likeness (QED) is 0.0348. The van der Waals surface area contributed by atoms with Crippen LogP contribution >= 0.6 is 35.3 Å². The smallest absolute Gasteiger partial charge is 0.336 e. The van der Waals surface area contributed by atoms with Crippen LogP contribution in [0.25, 0.3) is 0 Å². The fraction of sp³-hybridized carbons (Fsp3) is 0.895. The van der Waals surface area contributed by atoms with Gasteiger partial charge in [0.05, 0.1) is 36.9 Å². The molecule has 1 aromatic heterocycles. The maximum Gasteiger partial charge on any atom is 0.336 e. The van der Waals surface area contributed by atoms with Crippen LogP contribution in [-0.2, 0) is 48.2 Å². The molecule has 1 rings (SSSR count). The minimum Gasteiger partial charge on any atom is -0.463 e. The van der Waals surface area contributed by atoms with Crippen LogP contribution in [0.15, 0.2) is 14.4 Å². The third-order valence-electron chi connectivity index (χ3n) is 13.2. The van der Waals surface area contributed by atoms with Crippen LogP contribution in [0.1, 0.15) is 252 Å². The van der Waals surface area contributed by atoms with Crippen molar-refractivity contribution in [1.29, 1.82) is 0 Å². The standard InChI is InChI=1S/C57H105N3O9S3/c1-4-7-10-13-16-19-22-25-28-31-34-37-46-70-49-52(61)67-43-40-58-55(64)59(41-44-68-53(62)50-71-47-38-35-32-29-26-23-20-17-14-11-8-5-2)57(66)60(56(58)65)42-45-69-54(63)51-72-48-39-36-33-30-27-24-21-18-15-12-9-6-3/h4-51H2,1-3H3. The highest BCUT2D eigenvalue weighted by atomic mass is 32.2. The van der Waals surface area contributed by atoms with Crippen LogP contribution in [-0.4, -0.2) is 85.9 Å². The summed E-state index contributed by atoms with van der Waals surface area (Å²) in [6.45, 7) is 5.25. The number of nitrogens with zero attached hydrogens (tertiary/aromatic N) is 3. The van der Waals surface area contributed by atoms with Gasteiger partial charge in [0.2, 0.25) is 0 Å². The van der Waals surface area contributed by atoms with Crippen LogP contribution in [0.4, 0.5) is 0 Å². The van der Waals surface area contributed by atoms with Gasteiger partial charge in [0, 0.05) is 0 Å². The second-order valence-corrected chi connectivity index (χ2v) is 23.1. The number of carbonyl (C=O) groups is 3. The zero-order valence-corrected chi connectivity index (χ0v) is 48.6. The third-order valence-corrected chi connectivity index (χ3v) is 16.3. The first-order chi connectivity index (χ1) is 35.3. The number of rotatable bonds is 54. The Balaban J connectivity index is 2.59. The van der Waals surface area contributed by atoms with Crippen molar-refractivity contribution < 1.29 is 28.6 Å². The van der Waals surface area contributed by atoms with Crippen molar-refractivity contribution in [3.8, 4) is 0 Å². The van der Waals surface area contributed by atoms with E-state index >= 15 is 0 Å². The number of carbonyl (C=O) groups excluding carboxylic acids is 3. The molecule has 420 valence electrons. The second-order valence-electron chi connectivity index (χ2n) is 19.8. The van der Waals surface area contributed by atoms with E-state index < -0.39 is 35.0 Å². The summed E-state index contributed by atoms with van der Waals surface area (Å²) in [5.74, 6) is 1.76. The first kappa shape index (κ1) is 67.9. The molecular weight excluding hydrogens is 967 g/mol. The van der Waals surface area contributed by atoms with E-state index in [9.17, 15) is 28.8 Å². The molecule has 15 heteroatoms. The van der Waals surface area contributed by atoms with Crippen molar-refractivity contribution in [2.75, 3.05) is 54.3 Å². The summed E-state index contributed by atoms with van der Waals surface area (Å²) in [6, 6.07) is 0. The largest absolute Gasteiger partial charge is 0.463 e. The Kier molecular flexibility index (Phi) is 48.1. The maximum atomic E-state index is 13.6. The van der Waals surface area contributed by atoms with Gasteiger partial charge in [0.15, 0.2) is 0 Å². The fourth-order valence-electron chi connectivity index (χ4n) is 8.74. The molecule has 1 aromatic rings. The van der Waals surface area contributed by atoms with E-state index in [0.29, 0.717) is 0 Å². The van der Waals surface area contributed by atoms with Crippen molar-refractivity contribution in [1.82, 2.24) is 13.7 Å². The lowest BCUT2D eigenvalue weighted by Gasteiger charge is -2.14. The van der Waals surface area contributed by atoms with Crippen molar-refractivity contribution in [3.63, 3.8) is 0 Å². The molecule has 0 aliphatic heterocycles. The van der Waals surface area contributed by atoms with Crippen LogP contribution in [0.2, 0.25) is 0 Å². The molecule has 0 amide bonds. The summed E-state index contributed by atoms with van der Waals surface area (Å²) >= 11 is 4.54. The molecule has 0 radical (unpaired) electrons. The molecule has 0 saturated carbocycles. The molecule has 12 nitrogen and oxygen atoms in total. The van der Waals surface area contributed by atoms with Crippen molar-refractivity contribution >= 4 is 53.2 Å². The molecule has 0 aliphatic carbocycles. The fourth-order valence-corrected chi connectivity index (χ4v) is 11.1. The minimum absolute atomic E-state index is 0.169. The number of hydrogen-bond donors (Lipinski definition) is 0. The average molecular weight is 1070 g/mol. The van der Waals surface area contributed by atoms with Crippen molar-refractivity contribution in [2.24, 2.45) is 0 Å². The van der Waals surface area contributed by atoms with Crippen molar-refractivity contribution in [2.45, 2.75) is 272 Å². The van der Waals surface area contributed by atoms with E-state index in [1.165, 1.54) is 228 Å². The Labute approximate surface area is 450 Å². The van der Waals surface area contributed by atoms with Gasteiger partial charge in [-0.3, -0.25) is 14.4 Å². The molecule has 0 bridgehead atoms. The van der Waals surface area contributed by atoms with Crippen LogP contribution < -0.4 is 17.1 Å². The second kappa shape index (κ2) is 51.0. The van der Waals surface area contributed by atoms with Crippen LogP contribution in [0.5, 0.6) is 0 Å². The maximum absolute atomic E-state index is 13.6. The number of thioether (sulfide) groups is 3. The van der Waals surface area contributed by atoms with Gasteiger partial charge in [-0.1, -0.05) is 233 Å². The molecule has 0 N–H and O–H groups in total. The average Bonchev–Trinajstić information content (AvgIpc) is 3.37. The zero-order chi connectivity index (χ0) is 52.4. The number of aromatic nitrogens is 3. The van der Waals surface area contributed by atoms with Gasteiger partial charge in [-0.2, -0.15) is 35.3 Å². The van der Waals surface area contributed by atoms with E-state index in [1.54, 1.807) is 0 Å². The molecule has 72 heavy (non-hydrogen) atoms. The zero-order valence-electron chi connectivity index (χ0n) is 46.2. The van der Waals surface area contributed by atoms with Crippen LogP contribution in [0.3, 0.4) is 0 Å². The van der Waals surface area contributed by atoms with Crippen molar-refractivity contribution in [3.05, 3.63) is 31.5 Å². The highest BCUT2D eigenvalue weighted by Gasteiger charge is 2.18. The highest BCUT2D eigenvalue weighted by Crippen LogP contribution is 2.16. The Morgan fingerprint density at radius 2 is 0.486 bits per heavy atom. The number of unbranched alkanes of at least 4 members (excludes halogenated alkanes) is 33. The molecule has 0 spiro atoms. The van der Waals surface area contributed by atoms with Gasteiger partial charge in [-0.25, -0.2) is 28.1 Å². The summed E-state index contributed by atoms with van der Waals surface area (Å²) in [4.78, 5) is 78.5. The molecule has 0 aromatic carbocycles. The Bertz CT molecular complexity index is 1420. The van der Waals surface area contributed by atoms with Gasteiger partial charge < -0.3 is 14.2 Å².